The minimum Gasteiger partial charge on any atom is -0.391 e. The third-order valence-electron chi connectivity index (χ3n) is 2.46. The number of hydrogen-bond acceptors (Lipinski definition) is 3. The van der Waals surface area contributed by atoms with Crippen molar-refractivity contribution in [2.24, 2.45) is 0 Å². The average Bonchev–Trinajstić information content (AvgIpc) is 2.59. The van der Waals surface area contributed by atoms with E-state index in [1.165, 1.54) is 11.3 Å². The zero-order valence-electron chi connectivity index (χ0n) is 9.12. The second-order valence-corrected chi connectivity index (χ2v) is 5.17. The molecule has 0 saturated carbocycles. The van der Waals surface area contributed by atoms with Crippen LogP contribution < -0.4 is 0 Å². The summed E-state index contributed by atoms with van der Waals surface area (Å²) in [6, 6.07) is 5.75. The van der Waals surface area contributed by atoms with Crippen molar-refractivity contribution < 1.29 is 5.11 Å². The number of aliphatic hydroxyl groups excluding tert-OH is 1. The van der Waals surface area contributed by atoms with E-state index in [0.717, 1.165) is 31.7 Å². The molecular formula is C12H12ClNOS. The van der Waals surface area contributed by atoms with Gasteiger partial charge in [0.25, 0.3) is 0 Å². The van der Waals surface area contributed by atoms with E-state index < -0.39 is 0 Å². The average molecular weight is 254 g/mol. The van der Waals surface area contributed by atoms with Crippen molar-refractivity contribution in [3.8, 4) is 10.6 Å². The summed E-state index contributed by atoms with van der Waals surface area (Å²) in [7, 11) is 0. The molecule has 1 N–H and O–H groups in total. The molecule has 0 fully saturated rings. The molecular weight excluding hydrogens is 242 g/mol. The van der Waals surface area contributed by atoms with Gasteiger partial charge in [0.05, 0.1) is 17.2 Å². The van der Waals surface area contributed by atoms with Crippen LogP contribution in [0.3, 0.4) is 0 Å². The minimum absolute atomic E-state index is 0.0517. The maximum Gasteiger partial charge on any atom is 0.124 e. The number of thiazole rings is 1. The van der Waals surface area contributed by atoms with Gasteiger partial charge in [-0.25, -0.2) is 4.98 Å². The Kier molecular flexibility index (Phi) is 3.28. The number of rotatable bonds is 2. The molecule has 0 aliphatic carbocycles. The van der Waals surface area contributed by atoms with Crippen molar-refractivity contribution >= 4 is 22.9 Å². The van der Waals surface area contributed by atoms with E-state index in [9.17, 15) is 0 Å². The lowest BCUT2D eigenvalue weighted by Gasteiger charge is -2.01. The number of benzene rings is 1. The van der Waals surface area contributed by atoms with E-state index in [0.29, 0.717) is 0 Å². The first-order valence-corrected chi connectivity index (χ1v) is 6.15. The molecule has 2 nitrogen and oxygen atoms in total. The molecule has 16 heavy (non-hydrogen) atoms. The number of aromatic nitrogens is 1. The molecule has 0 unspecified atom stereocenters. The van der Waals surface area contributed by atoms with Crippen molar-refractivity contribution in [3.05, 3.63) is 39.4 Å². The topological polar surface area (TPSA) is 33.1 Å². The van der Waals surface area contributed by atoms with E-state index in [4.69, 9.17) is 16.7 Å². The van der Waals surface area contributed by atoms with E-state index in [1.807, 2.05) is 32.0 Å². The molecule has 1 aromatic carbocycles. The lowest BCUT2D eigenvalue weighted by Crippen LogP contribution is -1.83. The summed E-state index contributed by atoms with van der Waals surface area (Å²) in [4.78, 5) is 5.38. The number of aryl methyl sites for hydroxylation is 2. The molecule has 0 aliphatic heterocycles. The number of hydrogen-bond donors (Lipinski definition) is 1. The Morgan fingerprint density at radius 2 is 2.12 bits per heavy atom. The number of aliphatic hydroxyl groups is 1. The van der Waals surface area contributed by atoms with Gasteiger partial charge in [-0.3, -0.25) is 0 Å². The van der Waals surface area contributed by atoms with Crippen LogP contribution in [0, 0.1) is 13.8 Å². The van der Waals surface area contributed by atoms with Gasteiger partial charge >= 0.3 is 0 Å². The second kappa shape index (κ2) is 4.53. The summed E-state index contributed by atoms with van der Waals surface area (Å²) in [6.45, 7) is 3.98. The third-order valence-corrected chi connectivity index (χ3v) is 3.87. The monoisotopic (exact) mass is 253 g/mol. The lowest BCUT2D eigenvalue weighted by molar-refractivity contribution is 0.284. The highest BCUT2D eigenvalue weighted by Gasteiger charge is 2.10. The van der Waals surface area contributed by atoms with Crippen LogP contribution in [-0.4, -0.2) is 10.1 Å². The van der Waals surface area contributed by atoms with Crippen molar-refractivity contribution in [3.63, 3.8) is 0 Å². The summed E-state index contributed by atoms with van der Waals surface area (Å²) in [5.41, 5.74) is 3.08. The summed E-state index contributed by atoms with van der Waals surface area (Å²) in [5.74, 6) is 0. The maximum absolute atomic E-state index is 9.14. The van der Waals surface area contributed by atoms with E-state index in [-0.39, 0.29) is 6.61 Å². The van der Waals surface area contributed by atoms with Gasteiger partial charge in [-0.05, 0) is 31.5 Å². The van der Waals surface area contributed by atoms with Crippen LogP contribution in [-0.2, 0) is 6.61 Å². The smallest absolute Gasteiger partial charge is 0.124 e. The van der Waals surface area contributed by atoms with Crippen LogP contribution in [0.2, 0.25) is 5.02 Å². The van der Waals surface area contributed by atoms with Crippen LogP contribution >= 0.6 is 22.9 Å². The third kappa shape index (κ3) is 2.12. The fourth-order valence-corrected chi connectivity index (χ4v) is 2.80. The van der Waals surface area contributed by atoms with Crippen LogP contribution in [0.15, 0.2) is 18.2 Å². The molecule has 0 saturated heterocycles. The molecule has 1 aromatic heterocycles. The second-order valence-electron chi connectivity index (χ2n) is 3.64. The van der Waals surface area contributed by atoms with E-state index in [2.05, 4.69) is 4.98 Å². The van der Waals surface area contributed by atoms with Crippen LogP contribution in [0.4, 0.5) is 0 Å². The Hall–Kier alpha value is -0.900. The highest BCUT2D eigenvalue weighted by Crippen LogP contribution is 2.31. The summed E-state index contributed by atoms with van der Waals surface area (Å²) >= 11 is 7.44. The molecule has 0 spiro atoms. The largest absolute Gasteiger partial charge is 0.391 e. The predicted octanol–water partition coefficient (Wildman–Crippen LogP) is 3.57. The Bertz CT molecular complexity index is 522. The number of nitrogens with zero attached hydrogens (tertiary/aromatic N) is 1. The Labute approximate surface area is 104 Å². The first-order valence-electron chi connectivity index (χ1n) is 4.95. The fourth-order valence-electron chi connectivity index (χ4n) is 1.56. The molecule has 2 aromatic rings. The number of halogens is 1. The van der Waals surface area contributed by atoms with Gasteiger partial charge in [0.15, 0.2) is 0 Å². The van der Waals surface area contributed by atoms with Gasteiger partial charge in [0.2, 0.25) is 0 Å². The van der Waals surface area contributed by atoms with E-state index in [1.54, 1.807) is 0 Å². The SMILES string of the molecule is Cc1cc(Cl)ccc1-c1nc(C)c(CO)s1. The fraction of sp³-hybridized carbons (Fsp3) is 0.250. The van der Waals surface area contributed by atoms with Gasteiger partial charge < -0.3 is 5.11 Å². The molecule has 0 atom stereocenters. The van der Waals surface area contributed by atoms with Crippen molar-refractivity contribution in [2.45, 2.75) is 20.5 Å². The highest BCUT2D eigenvalue weighted by atomic mass is 35.5. The highest BCUT2D eigenvalue weighted by molar-refractivity contribution is 7.15. The lowest BCUT2D eigenvalue weighted by atomic mass is 10.1. The van der Waals surface area contributed by atoms with Crippen LogP contribution in [0.5, 0.6) is 0 Å². The summed E-state index contributed by atoms with van der Waals surface area (Å²) < 4.78 is 0. The van der Waals surface area contributed by atoms with Gasteiger partial charge in [-0.1, -0.05) is 17.7 Å². The standard InChI is InChI=1S/C12H12ClNOS/c1-7-5-9(13)3-4-10(7)12-14-8(2)11(6-15)16-12/h3-5,15H,6H2,1-2H3. The normalized spacial score (nSPS) is 10.8. The van der Waals surface area contributed by atoms with Crippen molar-refractivity contribution in [1.82, 2.24) is 4.98 Å². The van der Waals surface area contributed by atoms with Crippen molar-refractivity contribution in [2.75, 3.05) is 0 Å². The summed E-state index contributed by atoms with van der Waals surface area (Å²) in [5, 5.41) is 10.8. The molecule has 84 valence electrons. The predicted molar refractivity (Wildman–Crippen MR) is 68.0 cm³/mol. The maximum atomic E-state index is 9.14. The molecule has 0 aliphatic rings. The van der Waals surface area contributed by atoms with Gasteiger partial charge in [0.1, 0.15) is 5.01 Å². The Morgan fingerprint density at radius 3 is 2.69 bits per heavy atom. The molecule has 1 heterocycles. The Morgan fingerprint density at radius 1 is 1.38 bits per heavy atom. The van der Waals surface area contributed by atoms with Crippen LogP contribution in [0.25, 0.3) is 10.6 Å². The van der Waals surface area contributed by atoms with E-state index >= 15 is 0 Å². The molecule has 0 amide bonds. The first kappa shape index (κ1) is 11.6. The Balaban J connectivity index is 2.50. The quantitative estimate of drug-likeness (QED) is 0.888. The van der Waals surface area contributed by atoms with Crippen molar-refractivity contribution in [1.29, 1.82) is 0 Å². The van der Waals surface area contributed by atoms with Gasteiger partial charge in [0, 0.05) is 10.6 Å². The minimum atomic E-state index is 0.0517. The first-order chi connectivity index (χ1) is 7.61. The zero-order valence-corrected chi connectivity index (χ0v) is 10.7. The zero-order chi connectivity index (χ0) is 11.7. The van der Waals surface area contributed by atoms with Gasteiger partial charge in [-0.15, -0.1) is 11.3 Å². The van der Waals surface area contributed by atoms with Gasteiger partial charge in [-0.2, -0.15) is 0 Å². The molecule has 0 radical (unpaired) electrons. The molecule has 0 bridgehead atoms. The summed E-state index contributed by atoms with van der Waals surface area (Å²) in [6.07, 6.45) is 0. The molecule has 2 rings (SSSR count). The van der Waals surface area contributed by atoms with Crippen LogP contribution in [0.1, 0.15) is 16.1 Å². The molecule has 4 heteroatoms.